The molecular formula is C41H27N7. The molecule has 7 nitrogen and oxygen atoms in total. The van der Waals surface area contributed by atoms with Crippen molar-refractivity contribution < 1.29 is 0 Å². The Kier molecular flexibility index (Phi) is 5.65. The van der Waals surface area contributed by atoms with Gasteiger partial charge in [-0.25, -0.2) is 0 Å². The van der Waals surface area contributed by atoms with Gasteiger partial charge >= 0.3 is 0 Å². The minimum Gasteiger partial charge on any atom is -0.310 e. The number of rotatable bonds is 4. The van der Waals surface area contributed by atoms with Crippen LogP contribution in [0.15, 0.2) is 164 Å². The molecule has 0 fully saturated rings. The van der Waals surface area contributed by atoms with Gasteiger partial charge in [0.15, 0.2) is 5.82 Å². The van der Waals surface area contributed by atoms with E-state index in [9.17, 15) is 0 Å². The van der Waals surface area contributed by atoms with Crippen LogP contribution >= 0.6 is 0 Å². The average Bonchev–Trinajstić information content (AvgIpc) is 3.84. The van der Waals surface area contributed by atoms with Crippen LogP contribution in [0.25, 0.3) is 33.7 Å². The van der Waals surface area contributed by atoms with Crippen molar-refractivity contribution in [1.29, 1.82) is 0 Å². The van der Waals surface area contributed by atoms with E-state index in [0.29, 0.717) is 11.3 Å². The minimum atomic E-state index is -0.499. The molecular weight excluding hydrogens is 591 g/mol. The highest BCUT2D eigenvalue weighted by molar-refractivity contribution is 5.90. The molecule has 9 aromatic rings. The molecule has 7 heteroatoms. The van der Waals surface area contributed by atoms with Gasteiger partial charge in [-0.1, -0.05) is 109 Å². The van der Waals surface area contributed by atoms with Crippen molar-refractivity contribution >= 4 is 39.4 Å². The molecule has 1 aliphatic heterocycles. The lowest BCUT2D eigenvalue weighted by Gasteiger charge is -2.46. The largest absolute Gasteiger partial charge is 0.310 e. The maximum Gasteiger partial charge on any atom is 0.207 e. The standard InChI is InChI=1S/C41H27N7/c1-3-13-29(14-4-1)41(30-15-5-2-6-16-30)32-17-7-9-19-34(32)47(35-20-10-8-18-33(35)41)31-25-23-28(24-26-31)38-44-45-40-39-43-42-27-46(39)36-21-11-12-22-37(36)48(38)40/h1-27H. The number of hydrogen-bond acceptors (Lipinski definition) is 5. The van der Waals surface area contributed by atoms with Gasteiger partial charge in [0.1, 0.15) is 6.33 Å². The van der Waals surface area contributed by atoms with Crippen LogP contribution in [0.2, 0.25) is 0 Å². The molecule has 6 aromatic carbocycles. The molecule has 10 rings (SSSR count). The van der Waals surface area contributed by atoms with Gasteiger partial charge in [0.25, 0.3) is 0 Å². The predicted octanol–water partition coefficient (Wildman–Crippen LogP) is 8.76. The summed E-state index contributed by atoms with van der Waals surface area (Å²) in [6.45, 7) is 0. The lowest BCUT2D eigenvalue weighted by atomic mass is 9.62. The van der Waals surface area contributed by atoms with Gasteiger partial charge in [0.2, 0.25) is 11.3 Å². The van der Waals surface area contributed by atoms with Gasteiger partial charge in [-0.05, 0) is 70.8 Å². The highest BCUT2D eigenvalue weighted by atomic mass is 15.3. The van der Waals surface area contributed by atoms with E-state index in [2.05, 4.69) is 175 Å². The molecule has 3 aromatic heterocycles. The molecule has 0 radical (unpaired) electrons. The lowest BCUT2D eigenvalue weighted by Crippen LogP contribution is -2.37. The first-order valence-corrected chi connectivity index (χ1v) is 16.0. The Morgan fingerprint density at radius 3 is 1.67 bits per heavy atom. The summed E-state index contributed by atoms with van der Waals surface area (Å²) in [5.74, 6) is 0.755. The summed E-state index contributed by atoms with van der Waals surface area (Å²) in [6, 6.07) is 56.2. The van der Waals surface area contributed by atoms with Crippen molar-refractivity contribution in [2.45, 2.75) is 5.41 Å². The molecule has 4 heterocycles. The second kappa shape index (κ2) is 10.2. The molecule has 0 unspecified atom stereocenters. The summed E-state index contributed by atoms with van der Waals surface area (Å²) >= 11 is 0. The number of nitrogens with zero attached hydrogens (tertiary/aromatic N) is 7. The van der Waals surface area contributed by atoms with E-state index in [0.717, 1.165) is 39.5 Å². The number of benzene rings is 6. The van der Waals surface area contributed by atoms with E-state index in [1.165, 1.54) is 22.3 Å². The molecule has 1 aliphatic rings. The van der Waals surface area contributed by atoms with E-state index in [4.69, 9.17) is 0 Å². The Bertz CT molecular complexity index is 2530. The summed E-state index contributed by atoms with van der Waals surface area (Å²) in [7, 11) is 0. The molecule has 0 spiro atoms. The molecule has 0 atom stereocenters. The highest BCUT2D eigenvalue weighted by Crippen LogP contribution is 2.57. The number of para-hydroxylation sites is 4. The molecule has 226 valence electrons. The first kappa shape index (κ1) is 26.6. The summed E-state index contributed by atoms with van der Waals surface area (Å²) in [6.07, 6.45) is 1.72. The minimum absolute atomic E-state index is 0.499. The molecule has 0 amide bonds. The van der Waals surface area contributed by atoms with E-state index in [1.54, 1.807) is 6.33 Å². The Morgan fingerprint density at radius 2 is 1.02 bits per heavy atom. The molecule has 0 aliphatic carbocycles. The van der Waals surface area contributed by atoms with Crippen LogP contribution in [0.1, 0.15) is 22.3 Å². The zero-order valence-corrected chi connectivity index (χ0v) is 25.7. The molecule has 0 bridgehead atoms. The van der Waals surface area contributed by atoms with E-state index < -0.39 is 5.41 Å². The molecule has 48 heavy (non-hydrogen) atoms. The predicted molar refractivity (Wildman–Crippen MR) is 189 cm³/mol. The zero-order valence-electron chi connectivity index (χ0n) is 25.7. The van der Waals surface area contributed by atoms with Crippen molar-refractivity contribution in [2.75, 3.05) is 4.90 Å². The number of hydrogen-bond donors (Lipinski definition) is 0. The normalized spacial score (nSPS) is 13.5. The summed E-state index contributed by atoms with van der Waals surface area (Å²) in [5, 5.41) is 17.8. The third-order valence-corrected chi connectivity index (χ3v) is 9.69. The van der Waals surface area contributed by atoms with Crippen LogP contribution < -0.4 is 4.90 Å². The summed E-state index contributed by atoms with van der Waals surface area (Å²) in [4.78, 5) is 2.38. The Balaban J connectivity index is 1.17. The van der Waals surface area contributed by atoms with E-state index >= 15 is 0 Å². The van der Waals surface area contributed by atoms with Gasteiger partial charge in [-0.2, -0.15) is 0 Å². The Hall–Kier alpha value is -6.60. The van der Waals surface area contributed by atoms with Crippen LogP contribution in [-0.4, -0.2) is 29.2 Å². The fourth-order valence-electron chi connectivity index (χ4n) is 7.71. The smallest absolute Gasteiger partial charge is 0.207 e. The maximum atomic E-state index is 4.66. The van der Waals surface area contributed by atoms with Crippen molar-refractivity contribution in [2.24, 2.45) is 0 Å². The van der Waals surface area contributed by atoms with Crippen molar-refractivity contribution in [3.05, 3.63) is 186 Å². The number of fused-ring (bicyclic) bond motifs is 8. The van der Waals surface area contributed by atoms with Gasteiger partial charge in [-0.15, -0.1) is 20.4 Å². The highest BCUT2D eigenvalue weighted by Gasteiger charge is 2.46. The van der Waals surface area contributed by atoms with Gasteiger partial charge in [0, 0.05) is 11.3 Å². The van der Waals surface area contributed by atoms with Crippen LogP contribution in [-0.2, 0) is 5.41 Å². The fraction of sp³-hybridized carbons (Fsp3) is 0.0244. The molecule has 0 saturated heterocycles. The van der Waals surface area contributed by atoms with Crippen molar-refractivity contribution in [3.8, 4) is 11.4 Å². The van der Waals surface area contributed by atoms with Crippen LogP contribution in [0.5, 0.6) is 0 Å². The fourth-order valence-corrected chi connectivity index (χ4v) is 7.71. The van der Waals surface area contributed by atoms with Crippen molar-refractivity contribution in [1.82, 2.24) is 29.2 Å². The lowest BCUT2D eigenvalue weighted by molar-refractivity contribution is 0.731. The topological polar surface area (TPSA) is 63.6 Å². The third-order valence-electron chi connectivity index (χ3n) is 9.69. The second-order valence-corrected chi connectivity index (χ2v) is 12.1. The summed E-state index contributed by atoms with van der Waals surface area (Å²) < 4.78 is 4.04. The number of anilines is 3. The maximum absolute atomic E-state index is 4.66. The van der Waals surface area contributed by atoms with Crippen LogP contribution in [0.4, 0.5) is 17.1 Å². The average molecular weight is 618 g/mol. The van der Waals surface area contributed by atoms with Crippen LogP contribution in [0.3, 0.4) is 0 Å². The monoisotopic (exact) mass is 617 g/mol. The molecule has 0 saturated carbocycles. The van der Waals surface area contributed by atoms with E-state index in [-0.39, 0.29) is 0 Å². The SMILES string of the molecule is c1ccc(C2(c3ccccc3)c3ccccc3N(c3ccc(-c4nnc5c6nncn6c6ccccc6n45)cc3)c3ccccc32)cc1. The first-order valence-electron chi connectivity index (χ1n) is 16.0. The third kappa shape index (κ3) is 3.58. The quantitative estimate of drug-likeness (QED) is 0.198. The van der Waals surface area contributed by atoms with Gasteiger partial charge in [0.05, 0.1) is 27.8 Å². The zero-order chi connectivity index (χ0) is 31.7. The van der Waals surface area contributed by atoms with Crippen LogP contribution in [0, 0.1) is 0 Å². The molecule has 0 N–H and O–H groups in total. The van der Waals surface area contributed by atoms with Crippen molar-refractivity contribution in [3.63, 3.8) is 0 Å². The second-order valence-electron chi connectivity index (χ2n) is 12.1. The first-order chi connectivity index (χ1) is 23.8. The van der Waals surface area contributed by atoms with E-state index in [1.807, 2.05) is 16.5 Å². The van der Waals surface area contributed by atoms with Gasteiger partial charge < -0.3 is 4.90 Å². The Morgan fingerprint density at radius 1 is 0.458 bits per heavy atom. The van der Waals surface area contributed by atoms with Gasteiger partial charge in [-0.3, -0.25) is 8.80 Å². The Labute approximate surface area is 276 Å². The summed E-state index contributed by atoms with van der Waals surface area (Å²) in [5.41, 5.74) is 12.1. The number of aromatic nitrogens is 6.